The molecule has 4 rings (SSSR count). The minimum absolute atomic E-state index is 0.119. The van der Waals surface area contributed by atoms with Gasteiger partial charge in [-0.15, -0.1) is 0 Å². The molecule has 2 N–H and O–H groups in total. The average Bonchev–Trinajstić information content (AvgIpc) is 3.29. The lowest BCUT2D eigenvalue weighted by molar-refractivity contribution is -0.145. The molecule has 1 atom stereocenters. The molecule has 1 aliphatic carbocycles. The molecule has 0 radical (unpaired) electrons. The number of carbonyl (C=O) groups is 3. The maximum Gasteiger partial charge on any atom is 0.323 e. The van der Waals surface area contributed by atoms with E-state index < -0.39 is 0 Å². The highest BCUT2D eigenvalue weighted by atomic mass is 16.5. The van der Waals surface area contributed by atoms with Gasteiger partial charge in [0.15, 0.2) is 11.6 Å². The molecule has 0 aromatic heterocycles. The molecular formula is C23H24N2O4. The van der Waals surface area contributed by atoms with Gasteiger partial charge in [0.1, 0.15) is 6.04 Å². The molecule has 0 saturated carbocycles. The molecule has 1 fully saturated rings. The summed E-state index contributed by atoms with van der Waals surface area (Å²) in [7, 11) is 0. The zero-order chi connectivity index (χ0) is 20.2. The minimum Gasteiger partial charge on any atom is -0.465 e. The number of benzene rings is 2. The molecule has 0 bridgehead atoms. The van der Waals surface area contributed by atoms with E-state index in [4.69, 9.17) is 4.74 Å². The van der Waals surface area contributed by atoms with Crippen LogP contribution < -0.4 is 10.6 Å². The first-order valence-corrected chi connectivity index (χ1v) is 10.1. The Labute approximate surface area is 169 Å². The fourth-order valence-corrected chi connectivity index (χ4v) is 3.90. The molecule has 0 spiro atoms. The Morgan fingerprint density at radius 3 is 2.52 bits per heavy atom. The highest BCUT2D eigenvalue weighted by Crippen LogP contribution is 2.31. The number of anilines is 1. The second kappa shape index (κ2) is 8.57. The number of ether oxygens (including phenoxy) is 1. The van der Waals surface area contributed by atoms with E-state index in [9.17, 15) is 14.4 Å². The van der Waals surface area contributed by atoms with Crippen molar-refractivity contribution in [3.8, 4) is 0 Å². The van der Waals surface area contributed by atoms with E-state index in [1.807, 2.05) is 6.07 Å². The highest BCUT2D eigenvalue weighted by Gasteiger charge is 2.31. The van der Waals surface area contributed by atoms with E-state index in [2.05, 4.69) is 10.6 Å². The van der Waals surface area contributed by atoms with Crippen LogP contribution in [0.4, 0.5) is 5.69 Å². The van der Waals surface area contributed by atoms with Crippen molar-refractivity contribution in [2.24, 2.45) is 0 Å². The number of esters is 1. The summed E-state index contributed by atoms with van der Waals surface area (Å²) in [5.74, 6) is -0.419. The van der Waals surface area contributed by atoms with Crippen molar-refractivity contribution < 1.29 is 19.1 Å². The molecule has 0 amide bonds. The third-order valence-electron chi connectivity index (χ3n) is 5.43. The van der Waals surface area contributed by atoms with Gasteiger partial charge in [-0.3, -0.25) is 14.4 Å². The number of fused-ring (bicyclic) bond motifs is 2. The lowest BCUT2D eigenvalue weighted by Gasteiger charge is -2.20. The Balaban J connectivity index is 1.33. The summed E-state index contributed by atoms with van der Waals surface area (Å²) in [6.07, 6.45) is 3.37. The number of ketones is 2. The van der Waals surface area contributed by atoms with Crippen LogP contribution in [0.25, 0.3) is 0 Å². The Hall–Kier alpha value is -2.99. The van der Waals surface area contributed by atoms with Crippen LogP contribution in [0, 0.1) is 0 Å². The molecule has 150 valence electrons. The first-order valence-electron chi connectivity index (χ1n) is 10.1. The predicted molar refractivity (Wildman–Crippen MR) is 109 cm³/mol. The number of rotatable bonds is 7. The van der Waals surface area contributed by atoms with E-state index in [1.165, 1.54) is 0 Å². The molecule has 2 aromatic rings. The van der Waals surface area contributed by atoms with Crippen LogP contribution in [0.3, 0.4) is 0 Å². The fourth-order valence-electron chi connectivity index (χ4n) is 3.90. The molecule has 2 aromatic carbocycles. The lowest BCUT2D eigenvalue weighted by Crippen LogP contribution is -2.32. The summed E-state index contributed by atoms with van der Waals surface area (Å²) >= 11 is 0. The second-order valence-electron chi connectivity index (χ2n) is 7.38. The predicted octanol–water partition coefficient (Wildman–Crippen LogP) is 2.95. The van der Waals surface area contributed by atoms with Gasteiger partial charge in [-0.2, -0.15) is 0 Å². The van der Waals surface area contributed by atoms with Gasteiger partial charge in [0, 0.05) is 28.9 Å². The molecule has 2 aliphatic rings. The number of hydrogen-bond donors (Lipinski definition) is 2. The van der Waals surface area contributed by atoms with Crippen LogP contribution in [0.2, 0.25) is 0 Å². The normalized spacial score (nSPS) is 17.6. The van der Waals surface area contributed by atoms with E-state index in [-0.39, 0.29) is 23.6 Å². The number of hydrogen-bond acceptors (Lipinski definition) is 6. The van der Waals surface area contributed by atoms with Crippen LogP contribution in [-0.4, -0.2) is 43.3 Å². The lowest BCUT2D eigenvalue weighted by atomic mass is 9.83. The van der Waals surface area contributed by atoms with Crippen LogP contribution in [0.1, 0.15) is 57.5 Å². The summed E-state index contributed by atoms with van der Waals surface area (Å²) in [6, 6.07) is 12.1. The first-order chi connectivity index (χ1) is 14.2. The fraction of sp³-hybridized carbons (Fsp3) is 0.348. The van der Waals surface area contributed by atoms with Gasteiger partial charge in [0.25, 0.3) is 0 Å². The maximum atomic E-state index is 13.0. The van der Waals surface area contributed by atoms with Gasteiger partial charge in [-0.1, -0.05) is 36.4 Å². The van der Waals surface area contributed by atoms with Gasteiger partial charge in [-0.25, -0.2) is 0 Å². The molecule has 1 heterocycles. The summed E-state index contributed by atoms with van der Waals surface area (Å²) in [5, 5.41) is 6.40. The van der Waals surface area contributed by atoms with Gasteiger partial charge in [0.05, 0.1) is 12.2 Å². The van der Waals surface area contributed by atoms with Crippen molar-refractivity contribution in [1.29, 1.82) is 0 Å². The molecule has 0 unspecified atom stereocenters. The third kappa shape index (κ3) is 3.93. The minimum atomic E-state index is -0.171. The van der Waals surface area contributed by atoms with Crippen molar-refractivity contribution in [1.82, 2.24) is 5.32 Å². The molecule has 6 heteroatoms. The molecule has 1 saturated heterocycles. The number of nitrogens with one attached hydrogen (secondary N) is 2. The van der Waals surface area contributed by atoms with Gasteiger partial charge in [-0.05, 0) is 38.3 Å². The maximum absolute atomic E-state index is 13.0. The third-order valence-corrected chi connectivity index (χ3v) is 5.43. The van der Waals surface area contributed by atoms with Crippen molar-refractivity contribution in [3.63, 3.8) is 0 Å². The second-order valence-corrected chi connectivity index (χ2v) is 7.38. The van der Waals surface area contributed by atoms with Crippen LogP contribution in [-0.2, 0) is 9.53 Å². The van der Waals surface area contributed by atoms with Gasteiger partial charge < -0.3 is 15.4 Å². The van der Waals surface area contributed by atoms with Gasteiger partial charge >= 0.3 is 5.97 Å². The molecule has 1 aliphatic heterocycles. The Morgan fingerprint density at radius 2 is 1.76 bits per heavy atom. The zero-order valence-electron chi connectivity index (χ0n) is 16.2. The Morgan fingerprint density at radius 1 is 1.00 bits per heavy atom. The monoisotopic (exact) mass is 392 g/mol. The standard InChI is InChI=1S/C23H24N2O4/c26-21-15-7-1-2-8-16(15)22(27)20-17(21)9-5-10-18(20)24-12-3-4-14-29-23(28)19-11-6-13-25-19/h1-2,5,7-10,19,24-25H,3-4,6,11-14H2/t19-/m0/s1. The highest BCUT2D eigenvalue weighted by molar-refractivity contribution is 6.30. The summed E-state index contributed by atoms with van der Waals surface area (Å²) < 4.78 is 5.31. The number of carbonyl (C=O) groups excluding carboxylic acids is 3. The van der Waals surface area contributed by atoms with Crippen LogP contribution >= 0.6 is 0 Å². The molecule has 29 heavy (non-hydrogen) atoms. The van der Waals surface area contributed by atoms with Crippen molar-refractivity contribution in [2.75, 3.05) is 25.0 Å². The van der Waals surface area contributed by atoms with Crippen molar-refractivity contribution in [3.05, 3.63) is 64.7 Å². The van der Waals surface area contributed by atoms with E-state index in [1.54, 1.807) is 36.4 Å². The SMILES string of the molecule is O=C1c2ccccc2C(=O)c2c(NCCCCOC(=O)[C@@H]3CCCN3)cccc21. The summed E-state index contributed by atoms with van der Waals surface area (Å²) in [5.41, 5.74) is 2.46. The first kappa shape index (κ1) is 19.3. The van der Waals surface area contributed by atoms with Gasteiger partial charge in [0.2, 0.25) is 0 Å². The Bertz CT molecular complexity index is 948. The summed E-state index contributed by atoms with van der Waals surface area (Å²) in [4.78, 5) is 37.6. The quantitative estimate of drug-likeness (QED) is 0.475. The Kier molecular flexibility index (Phi) is 5.71. The van der Waals surface area contributed by atoms with Crippen LogP contribution in [0.5, 0.6) is 0 Å². The largest absolute Gasteiger partial charge is 0.465 e. The van der Waals surface area contributed by atoms with Crippen LogP contribution in [0.15, 0.2) is 42.5 Å². The molecular weight excluding hydrogens is 368 g/mol. The molecule has 6 nitrogen and oxygen atoms in total. The topological polar surface area (TPSA) is 84.5 Å². The smallest absolute Gasteiger partial charge is 0.323 e. The summed E-state index contributed by atoms with van der Waals surface area (Å²) in [6.45, 7) is 1.88. The van der Waals surface area contributed by atoms with Crippen molar-refractivity contribution >= 4 is 23.2 Å². The van der Waals surface area contributed by atoms with E-state index in [0.29, 0.717) is 41.1 Å². The van der Waals surface area contributed by atoms with Crippen molar-refractivity contribution in [2.45, 2.75) is 31.7 Å². The van der Waals surface area contributed by atoms with E-state index in [0.717, 1.165) is 32.2 Å². The number of unbranched alkanes of at least 4 members (excludes halogenated alkanes) is 1. The van der Waals surface area contributed by atoms with E-state index >= 15 is 0 Å². The average molecular weight is 392 g/mol. The zero-order valence-corrected chi connectivity index (χ0v) is 16.2.